The van der Waals surface area contributed by atoms with Crippen molar-refractivity contribution in [1.29, 1.82) is 0 Å². The average Bonchev–Trinajstić information content (AvgIpc) is 3.16. The van der Waals surface area contributed by atoms with E-state index in [4.69, 9.17) is 11.7 Å². The molecule has 0 aliphatic rings. The van der Waals surface area contributed by atoms with E-state index in [0.29, 0.717) is 17.6 Å². The minimum atomic E-state index is 0.419. The van der Waals surface area contributed by atoms with Crippen molar-refractivity contribution >= 4 is 39.9 Å². The highest BCUT2D eigenvalue weighted by Crippen LogP contribution is 2.34. The monoisotopic (exact) mass is 347 g/mol. The molecule has 2 heterocycles. The maximum absolute atomic E-state index is 5.54. The summed E-state index contributed by atoms with van der Waals surface area (Å²) in [5.74, 6) is 12.4. The second kappa shape index (κ2) is 6.67. The zero-order chi connectivity index (χ0) is 17.9. The van der Waals surface area contributed by atoms with E-state index in [-0.39, 0.29) is 0 Å². The van der Waals surface area contributed by atoms with Crippen molar-refractivity contribution in [1.82, 2.24) is 20.2 Å². The molecule has 0 amide bonds. The first-order valence-electron chi connectivity index (χ1n) is 7.89. The van der Waals surface area contributed by atoms with Gasteiger partial charge in [-0.25, -0.2) is 11.7 Å². The van der Waals surface area contributed by atoms with E-state index in [2.05, 4.69) is 31.0 Å². The summed E-state index contributed by atoms with van der Waals surface area (Å²) in [4.78, 5) is 10.9. The molecule has 0 unspecified atom stereocenters. The highest BCUT2D eigenvalue weighted by molar-refractivity contribution is 5.85. The summed E-state index contributed by atoms with van der Waals surface area (Å²) in [7, 11) is 0. The van der Waals surface area contributed by atoms with Gasteiger partial charge in [0.05, 0.1) is 11.7 Å². The molecule has 0 spiro atoms. The molecule has 26 heavy (non-hydrogen) atoms. The Labute approximate surface area is 149 Å². The first-order chi connectivity index (χ1) is 12.8. The van der Waals surface area contributed by atoms with E-state index in [0.717, 1.165) is 22.3 Å². The van der Waals surface area contributed by atoms with Crippen molar-refractivity contribution in [3.8, 4) is 0 Å². The van der Waals surface area contributed by atoms with E-state index in [1.54, 1.807) is 12.3 Å². The molecule has 0 radical (unpaired) electrons. The molecule has 0 bridgehead atoms. The van der Waals surface area contributed by atoms with Gasteiger partial charge in [0.15, 0.2) is 0 Å². The Morgan fingerprint density at radius 3 is 2.27 bits per heavy atom. The smallest absolute Gasteiger partial charge is 0.238 e. The standard InChI is InChI=1S/C17H17N9/c18-23-15-9-16(24-19)22-17(21-15)26(12-4-2-1-3-5-12)13-6-7-14-11(8-13)10-20-25-14/h1-10H,18-19H2,(H,20,25)(H2,21,22,23,24). The molecule has 0 aliphatic heterocycles. The highest BCUT2D eigenvalue weighted by Gasteiger charge is 2.17. The van der Waals surface area contributed by atoms with Crippen molar-refractivity contribution in [3.05, 3.63) is 60.8 Å². The Hall–Kier alpha value is -3.69. The summed E-state index contributed by atoms with van der Waals surface area (Å²) in [5.41, 5.74) is 7.80. The maximum Gasteiger partial charge on any atom is 0.238 e. The molecular weight excluding hydrogens is 330 g/mol. The lowest BCUT2D eigenvalue weighted by Gasteiger charge is -2.24. The van der Waals surface area contributed by atoms with Crippen LogP contribution in [0.1, 0.15) is 0 Å². The minimum Gasteiger partial charge on any atom is -0.308 e. The van der Waals surface area contributed by atoms with Crippen LogP contribution in [0.2, 0.25) is 0 Å². The second-order valence-corrected chi connectivity index (χ2v) is 5.54. The number of nitrogens with one attached hydrogen (secondary N) is 3. The van der Waals surface area contributed by atoms with Gasteiger partial charge in [0.2, 0.25) is 5.95 Å². The number of fused-ring (bicyclic) bond motifs is 1. The number of aromatic amines is 1. The second-order valence-electron chi connectivity index (χ2n) is 5.54. The van der Waals surface area contributed by atoms with Gasteiger partial charge in [0.1, 0.15) is 11.6 Å². The molecule has 7 N–H and O–H groups in total. The molecule has 9 nitrogen and oxygen atoms in total. The summed E-state index contributed by atoms with van der Waals surface area (Å²) in [5, 5.41) is 8.00. The van der Waals surface area contributed by atoms with Crippen molar-refractivity contribution in [2.75, 3.05) is 15.8 Å². The third kappa shape index (κ3) is 2.88. The van der Waals surface area contributed by atoms with Crippen molar-refractivity contribution in [3.63, 3.8) is 0 Å². The number of hydrazine groups is 2. The molecule has 0 fully saturated rings. The van der Waals surface area contributed by atoms with Crippen LogP contribution in [-0.4, -0.2) is 20.2 Å². The molecule has 4 aromatic rings. The summed E-state index contributed by atoms with van der Waals surface area (Å²) in [6.07, 6.45) is 1.77. The van der Waals surface area contributed by atoms with Crippen LogP contribution in [0.15, 0.2) is 60.8 Å². The maximum atomic E-state index is 5.54. The van der Waals surface area contributed by atoms with Gasteiger partial charge in [-0.05, 0) is 30.3 Å². The number of benzene rings is 2. The molecule has 9 heteroatoms. The number of para-hydroxylation sites is 1. The predicted molar refractivity (Wildman–Crippen MR) is 102 cm³/mol. The molecule has 0 saturated heterocycles. The largest absolute Gasteiger partial charge is 0.308 e. The fraction of sp³-hybridized carbons (Fsp3) is 0. The van der Waals surface area contributed by atoms with Crippen LogP contribution >= 0.6 is 0 Å². The first kappa shape index (κ1) is 15.8. The number of aromatic nitrogens is 4. The fourth-order valence-electron chi connectivity index (χ4n) is 2.71. The molecular formula is C17H17N9. The number of hydrogen-bond acceptors (Lipinski definition) is 8. The lowest BCUT2D eigenvalue weighted by atomic mass is 10.2. The van der Waals surface area contributed by atoms with Gasteiger partial charge in [0.25, 0.3) is 0 Å². The van der Waals surface area contributed by atoms with E-state index in [1.165, 1.54) is 0 Å². The van der Waals surface area contributed by atoms with E-state index >= 15 is 0 Å². The lowest BCUT2D eigenvalue weighted by molar-refractivity contribution is 1.06. The number of H-pyrrole nitrogens is 1. The third-order valence-electron chi connectivity index (χ3n) is 3.91. The van der Waals surface area contributed by atoms with Crippen LogP contribution in [0.4, 0.5) is 29.0 Å². The van der Waals surface area contributed by atoms with E-state index in [9.17, 15) is 0 Å². The number of nitrogens with two attached hydrogens (primary N) is 2. The predicted octanol–water partition coefficient (Wildman–Crippen LogP) is 2.39. The minimum absolute atomic E-state index is 0.419. The summed E-state index contributed by atoms with van der Waals surface area (Å²) in [6.45, 7) is 0. The van der Waals surface area contributed by atoms with Gasteiger partial charge in [-0.2, -0.15) is 15.1 Å². The van der Waals surface area contributed by atoms with Gasteiger partial charge >= 0.3 is 0 Å². The van der Waals surface area contributed by atoms with Crippen LogP contribution in [-0.2, 0) is 0 Å². The highest BCUT2D eigenvalue weighted by atomic mass is 15.3. The molecule has 0 atom stereocenters. The Morgan fingerprint density at radius 1 is 0.846 bits per heavy atom. The van der Waals surface area contributed by atoms with Crippen LogP contribution in [0.3, 0.4) is 0 Å². The zero-order valence-electron chi connectivity index (χ0n) is 13.7. The Bertz CT molecular complexity index is 1010. The van der Waals surface area contributed by atoms with Crippen LogP contribution in [0.5, 0.6) is 0 Å². The van der Waals surface area contributed by atoms with Crippen LogP contribution in [0, 0.1) is 0 Å². The molecule has 2 aromatic heterocycles. The summed E-state index contributed by atoms with van der Waals surface area (Å²) >= 11 is 0. The number of nitrogens with zero attached hydrogens (tertiary/aromatic N) is 4. The van der Waals surface area contributed by atoms with Crippen molar-refractivity contribution in [2.24, 2.45) is 11.7 Å². The Balaban J connectivity index is 1.91. The van der Waals surface area contributed by atoms with Gasteiger partial charge in [-0.15, -0.1) is 0 Å². The molecule has 0 aliphatic carbocycles. The van der Waals surface area contributed by atoms with Crippen LogP contribution < -0.4 is 27.4 Å². The average molecular weight is 347 g/mol. The molecule has 2 aromatic carbocycles. The van der Waals surface area contributed by atoms with Crippen LogP contribution in [0.25, 0.3) is 10.9 Å². The number of nitrogen functional groups attached to an aromatic ring is 2. The van der Waals surface area contributed by atoms with E-state index in [1.807, 2.05) is 53.4 Å². The molecule has 0 saturated carbocycles. The molecule has 4 rings (SSSR count). The van der Waals surface area contributed by atoms with Gasteiger partial charge < -0.3 is 10.9 Å². The van der Waals surface area contributed by atoms with Crippen molar-refractivity contribution in [2.45, 2.75) is 0 Å². The van der Waals surface area contributed by atoms with Gasteiger partial charge in [-0.1, -0.05) is 18.2 Å². The Morgan fingerprint density at radius 2 is 1.58 bits per heavy atom. The number of hydrogen-bond donors (Lipinski definition) is 5. The summed E-state index contributed by atoms with van der Waals surface area (Å²) in [6, 6.07) is 17.3. The third-order valence-corrected chi connectivity index (χ3v) is 3.91. The summed E-state index contributed by atoms with van der Waals surface area (Å²) < 4.78 is 0. The Kier molecular flexibility index (Phi) is 4.06. The lowest BCUT2D eigenvalue weighted by Crippen LogP contribution is -2.18. The first-order valence-corrected chi connectivity index (χ1v) is 7.89. The van der Waals surface area contributed by atoms with E-state index < -0.39 is 0 Å². The zero-order valence-corrected chi connectivity index (χ0v) is 13.7. The van der Waals surface area contributed by atoms with Gasteiger partial charge in [0, 0.05) is 22.8 Å². The number of anilines is 5. The van der Waals surface area contributed by atoms with Gasteiger partial charge in [-0.3, -0.25) is 10.00 Å². The quantitative estimate of drug-likeness (QED) is 0.274. The topological polar surface area (TPSA) is 134 Å². The number of rotatable bonds is 5. The fourth-order valence-corrected chi connectivity index (χ4v) is 2.71. The SMILES string of the molecule is NNc1cc(NN)nc(N(c2ccccc2)c2ccc3[nH]ncc3c2)n1. The molecule has 130 valence electrons. The normalized spacial score (nSPS) is 10.7. The van der Waals surface area contributed by atoms with Crippen molar-refractivity contribution < 1.29 is 0 Å².